The van der Waals surface area contributed by atoms with Gasteiger partial charge in [-0.3, -0.25) is 4.98 Å². The first-order valence-electron chi connectivity index (χ1n) is 8.86. The monoisotopic (exact) mass is 343 g/mol. The lowest BCUT2D eigenvalue weighted by Gasteiger charge is -2.32. The minimum atomic E-state index is -0.0663. The first-order valence-corrected chi connectivity index (χ1v) is 8.86. The molecule has 3 heterocycles. The molecule has 2 aromatic heterocycles. The number of rotatable bonds is 5. The van der Waals surface area contributed by atoms with Gasteiger partial charge in [0.25, 0.3) is 0 Å². The average molecular weight is 343 g/mol. The van der Waals surface area contributed by atoms with Crippen LogP contribution in [0.4, 0.5) is 4.79 Å². The van der Waals surface area contributed by atoms with E-state index in [0.29, 0.717) is 30.1 Å². The van der Waals surface area contributed by atoms with Gasteiger partial charge in [-0.1, -0.05) is 19.0 Å². The van der Waals surface area contributed by atoms with E-state index in [9.17, 15) is 4.79 Å². The number of amides is 2. The molecule has 1 N–H and O–H groups in total. The second-order valence-corrected chi connectivity index (χ2v) is 6.90. The van der Waals surface area contributed by atoms with Crippen molar-refractivity contribution in [1.82, 2.24) is 25.3 Å². The van der Waals surface area contributed by atoms with Crippen molar-refractivity contribution < 1.29 is 9.32 Å². The number of piperidine rings is 1. The molecule has 7 nitrogen and oxygen atoms in total. The van der Waals surface area contributed by atoms with Crippen LogP contribution in [0, 0.1) is 5.92 Å². The number of carbonyl (C=O) groups excluding carboxylic acids is 1. The molecule has 1 fully saturated rings. The van der Waals surface area contributed by atoms with Gasteiger partial charge in [0.1, 0.15) is 0 Å². The standard InChI is InChI=1S/C18H25N5O2/c1-13(2)11-17-21-16(22-25-17)12-20-18(24)23-9-5-15(6-10-23)14-3-7-19-8-4-14/h3-4,7-8,13,15H,5-6,9-12H2,1-2H3,(H,20,24). The fourth-order valence-electron chi connectivity index (χ4n) is 3.11. The Morgan fingerprint density at radius 1 is 1.32 bits per heavy atom. The number of nitrogens with one attached hydrogen (secondary N) is 1. The fourth-order valence-corrected chi connectivity index (χ4v) is 3.11. The molecule has 1 aliphatic rings. The van der Waals surface area contributed by atoms with Crippen LogP contribution in [0.5, 0.6) is 0 Å². The minimum Gasteiger partial charge on any atom is -0.339 e. The van der Waals surface area contributed by atoms with E-state index in [-0.39, 0.29) is 6.03 Å². The molecule has 1 saturated heterocycles. The molecule has 7 heteroatoms. The smallest absolute Gasteiger partial charge is 0.317 e. The minimum absolute atomic E-state index is 0.0663. The van der Waals surface area contributed by atoms with Gasteiger partial charge in [-0.2, -0.15) is 4.98 Å². The Bertz CT molecular complexity index is 678. The molecule has 0 radical (unpaired) electrons. The molecule has 0 atom stereocenters. The van der Waals surface area contributed by atoms with Gasteiger partial charge in [0.2, 0.25) is 5.89 Å². The molecular formula is C18H25N5O2. The van der Waals surface area contributed by atoms with Crippen LogP contribution in [0.1, 0.15) is 49.9 Å². The molecule has 0 aliphatic carbocycles. The zero-order chi connectivity index (χ0) is 17.6. The van der Waals surface area contributed by atoms with Crippen molar-refractivity contribution in [2.75, 3.05) is 13.1 Å². The van der Waals surface area contributed by atoms with E-state index in [1.807, 2.05) is 17.3 Å². The van der Waals surface area contributed by atoms with E-state index >= 15 is 0 Å². The maximum Gasteiger partial charge on any atom is 0.317 e. The summed E-state index contributed by atoms with van der Waals surface area (Å²) in [6.45, 7) is 6.00. The molecule has 3 rings (SSSR count). The Kier molecular flexibility index (Phi) is 5.63. The van der Waals surface area contributed by atoms with E-state index in [1.54, 1.807) is 0 Å². The van der Waals surface area contributed by atoms with Crippen molar-refractivity contribution in [3.05, 3.63) is 41.8 Å². The summed E-state index contributed by atoms with van der Waals surface area (Å²) in [6.07, 6.45) is 6.35. The second kappa shape index (κ2) is 8.09. The Hall–Kier alpha value is -2.44. The molecule has 0 unspecified atom stereocenters. The maximum absolute atomic E-state index is 12.3. The lowest BCUT2D eigenvalue weighted by molar-refractivity contribution is 0.180. The summed E-state index contributed by atoms with van der Waals surface area (Å²) in [6, 6.07) is 4.06. The van der Waals surface area contributed by atoms with Crippen LogP contribution < -0.4 is 5.32 Å². The normalized spacial score (nSPS) is 15.6. The molecule has 0 aromatic carbocycles. The number of aromatic nitrogens is 3. The summed E-state index contributed by atoms with van der Waals surface area (Å²) in [5.41, 5.74) is 1.31. The first kappa shape index (κ1) is 17.4. The molecule has 25 heavy (non-hydrogen) atoms. The van der Waals surface area contributed by atoms with E-state index in [2.05, 4.69) is 46.4 Å². The molecule has 134 valence electrons. The Labute approximate surface area is 147 Å². The van der Waals surface area contributed by atoms with Gasteiger partial charge in [0, 0.05) is 31.9 Å². The highest BCUT2D eigenvalue weighted by atomic mass is 16.5. The molecule has 0 saturated carbocycles. The van der Waals surface area contributed by atoms with Crippen molar-refractivity contribution in [1.29, 1.82) is 0 Å². The summed E-state index contributed by atoms with van der Waals surface area (Å²) in [5, 5.41) is 6.79. The van der Waals surface area contributed by atoms with Crippen molar-refractivity contribution in [2.45, 2.75) is 45.6 Å². The molecule has 2 aromatic rings. The largest absolute Gasteiger partial charge is 0.339 e. The molecular weight excluding hydrogens is 318 g/mol. The van der Waals surface area contributed by atoms with Gasteiger partial charge in [-0.25, -0.2) is 4.79 Å². The van der Waals surface area contributed by atoms with E-state index in [4.69, 9.17) is 4.52 Å². The SMILES string of the molecule is CC(C)Cc1nc(CNC(=O)N2CCC(c3ccncc3)CC2)no1. The van der Waals surface area contributed by atoms with Crippen LogP contribution in [0.3, 0.4) is 0 Å². The molecule has 0 spiro atoms. The summed E-state index contributed by atoms with van der Waals surface area (Å²) < 4.78 is 5.19. The zero-order valence-electron chi connectivity index (χ0n) is 14.8. The van der Waals surface area contributed by atoms with Crippen LogP contribution in [0.25, 0.3) is 0 Å². The molecule has 2 amide bonds. The number of carbonyl (C=O) groups is 1. The van der Waals surface area contributed by atoms with Gasteiger partial charge in [0.05, 0.1) is 6.54 Å². The third-order valence-corrected chi connectivity index (χ3v) is 4.45. The maximum atomic E-state index is 12.3. The Balaban J connectivity index is 1.44. The highest BCUT2D eigenvalue weighted by Crippen LogP contribution is 2.27. The zero-order valence-corrected chi connectivity index (χ0v) is 14.8. The van der Waals surface area contributed by atoms with Crippen molar-refractivity contribution in [2.24, 2.45) is 5.92 Å². The Morgan fingerprint density at radius 2 is 2.04 bits per heavy atom. The van der Waals surface area contributed by atoms with Gasteiger partial charge in [0.15, 0.2) is 5.82 Å². The van der Waals surface area contributed by atoms with Gasteiger partial charge in [-0.05, 0) is 42.4 Å². The lowest BCUT2D eigenvalue weighted by Crippen LogP contribution is -2.43. The number of hydrogen-bond acceptors (Lipinski definition) is 5. The predicted molar refractivity (Wildman–Crippen MR) is 92.9 cm³/mol. The van der Waals surface area contributed by atoms with Crippen molar-refractivity contribution in [3.8, 4) is 0 Å². The van der Waals surface area contributed by atoms with Gasteiger partial charge >= 0.3 is 6.03 Å². The lowest BCUT2D eigenvalue weighted by atomic mass is 9.90. The number of nitrogens with zero attached hydrogens (tertiary/aromatic N) is 4. The van der Waals surface area contributed by atoms with Crippen LogP contribution in [0.15, 0.2) is 29.0 Å². The quantitative estimate of drug-likeness (QED) is 0.902. The number of urea groups is 1. The van der Waals surface area contributed by atoms with Crippen molar-refractivity contribution >= 4 is 6.03 Å². The Morgan fingerprint density at radius 3 is 2.72 bits per heavy atom. The fraction of sp³-hybridized carbons (Fsp3) is 0.556. The summed E-state index contributed by atoms with van der Waals surface area (Å²) in [7, 11) is 0. The summed E-state index contributed by atoms with van der Waals surface area (Å²) in [4.78, 5) is 22.5. The van der Waals surface area contributed by atoms with Crippen LogP contribution >= 0.6 is 0 Å². The summed E-state index contributed by atoms with van der Waals surface area (Å²) >= 11 is 0. The molecule has 0 bridgehead atoms. The topological polar surface area (TPSA) is 84.2 Å². The van der Waals surface area contributed by atoms with E-state index in [0.717, 1.165) is 32.4 Å². The highest BCUT2D eigenvalue weighted by molar-refractivity contribution is 5.74. The van der Waals surface area contributed by atoms with Gasteiger partial charge in [-0.15, -0.1) is 0 Å². The van der Waals surface area contributed by atoms with Crippen molar-refractivity contribution in [3.63, 3.8) is 0 Å². The average Bonchev–Trinajstić information content (AvgIpc) is 3.07. The number of pyridine rings is 1. The van der Waals surface area contributed by atoms with Crippen LogP contribution in [-0.4, -0.2) is 39.1 Å². The first-order chi connectivity index (χ1) is 12.1. The predicted octanol–water partition coefficient (Wildman–Crippen LogP) is 2.75. The van der Waals surface area contributed by atoms with E-state index < -0.39 is 0 Å². The highest BCUT2D eigenvalue weighted by Gasteiger charge is 2.23. The third-order valence-electron chi connectivity index (χ3n) is 4.45. The second-order valence-electron chi connectivity index (χ2n) is 6.90. The molecule has 1 aliphatic heterocycles. The number of hydrogen-bond donors (Lipinski definition) is 1. The van der Waals surface area contributed by atoms with E-state index in [1.165, 1.54) is 5.56 Å². The third kappa shape index (κ3) is 4.78. The van der Waals surface area contributed by atoms with Crippen LogP contribution in [0.2, 0.25) is 0 Å². The van der Waals surface area contributed by atoms with Crippen LogP contribution in [-0.2, 0) is 13.0 Å². The van der Waals surface area contributed by atoms with Gasteiger partial charge < -0.3 is 14.7 Å². The number of likely N-dealkylation sites (tertiary alicyclic amines) is 1. The summed E-state index contributed by atoms with van der Waals surface area (Å²) in [5.74, 6) is 2.11.